The van der Waals surface area contributed by atoms with E-state index in [9.17, 15) is 0 Å². The molecule has 0 unspecified atom stereocenters. The molecule has 0 bridgehead atoms. The molecule has 10 heterocycles. The number of fused-ring (bicyclic) bond motifs is 28. The lowest BCUT2D eigenvalue weighted by molar-refractivity contribution is 1.12. The van der Waals surface area contributed by atoms with Gasteiger partial charge in [0.1, 0.15) is 0 Å². The van der Waals surface area contributed by atoms with Crippen LogP contribution in [0.1, 0.15) is 0 Å². The lowest BCUT2D eigenvalue weighted by atomic mass is 10.0. The van der Waals surface area contributed by atoms with Crippen molar-refractivity contribution in [1.82, 2.24) is 46.5 Å². The fraction of sp³-hybridized carbons (Fsp3) is 0. The molecule has 29 aromatic rings. The highest BCUT2D eigenvalue weighted by Gasteiger charge is 2.30. The monoisotopic (exact) mass is 1700 g/mol. The summed E-state index contributed by atoms with van der Waals surface area (Å²) in [4.78, 5) is 11.8. The molecule has 0 spiro atoms. The normalized spacial score (nSPS) is 12.2. The number of benzene rings is 19. The SMILES string of the molecule is c1ccc(-n2c3ccccc3c3ccc4c5ccccc5n(-c5cc(-c6cccc(-c7cccc(-c8cccc(-c9cc(-n%10c%11ccccc%11c%11ccc%12c%13ccccc%13n(-c%13ccccc%13)c%12c%11%10)cc(-n%10c%11ccccc%11c%11ccc%12c%13ccccc%13n(-c%13ccccc%13)c%12c%11%10)c9)n8)c7)n6)cc(-n6c7ccccc7c7ccc8c9ccccc9n(-c9ccccc9)c8c76)c5)c4c32)cc1. The topological polar surface area (TPSA) is 65.2 Å². The summed E-state index contributed by atoms with van der Waals surface area (Å²) >= 11 is 0. The number of pyridine rings is 2. The Morgan fingerprint density at radius 1 is 0.112 bits per heavy atom. The van der Waals surface area contributed by atoms with Crippen LogP contribution in [0.5, 0.6) is 0 Å². The second-order valence-corrected chi connectivity index (χ2v) is 35.5. The predicted octanol–water partition coefficient (Wildman–Crippen LogP) is 31.9. The summed E-state index contributed by atoms with van der Waals surface area (Å²) in [6, 6.07) is 170. The summed E-state index contributed by atoms with van der Waals surface area (Å²) in [6.07, 6.45) is 0. The van der Waals surface area contributed by atoms with E-state index in [2.05, 4.69) is 498 Å². The molecule has 0 saturated heterocycles. The molecule has 0 fully saturated rings. The van der Waals surface area contributed by atoms with Crippen molar-refractivity contribution in [3.05, 3.63) is 461 Å². The first-order chi connectivity index (χ1) is 66.5. The highest BCUT2D eigenvalue weighted by atomic mass is 15.1. The van der Waals surface area contributed by atoms with Gasteiger partial charge in [0.15, 0.2) is 0 Å². The molecule has 0 N–H and O–H groups in total. The first-order valence-electron chi connectivity index (χ1n) is 45.9. The van der Waals surface area contributed by atoms with Gasteiger partial charge in [-0.3, -0.25) is 0 Å². The number of hydrogen-bond acceptors (Lipinski definition) is 2. The predicted molar refractivity (Wildman–Crippen MR) is 558 cm³/mol. The zero-order valence-corrected chi connectivity index (χ0v) is 72.4. The van der Waals surface area contributed by atoms with Crippen LogP contribution in [-0.4, -0.2) is 46.5 Å². The molecule has 29 rings (SSSR count). The van der Waals surface area contributed by atoms with Crippen LogP contribution < -0.4 is 0 Å². The first kappa shape index (κ1) is 73.9. The van der Waals surface area contributed by atoms with Crippen LogP contribution >= 0.6 is 0 Å². The van der Waals surface area contributed by atoms with E-state index in [4.69, 9.17) is 9.97 Å². The van der Waals surface area contributed by atoms with Gasteiger partial charge in [-0.25, -0.2) is 9.97 Å². The highest BCUT2D eigenvalue weighted by Crippen LogP contribution is 2.50. The van der Waals surface area contributed by atoms with Gasteiger partial charge >= 0.3 is 0 Å². The number of para-hydroxylation sites is 12. The Labute approximate surface area is 767 Å². The Balaban J connectivity index is 0.645. The van der Waals surface area contributed by atoms with Crippen molar-refractivity contribution < 1.29 is 0 Å². The lowest BCUT2D eigenvalue weighted by Crippen LogP contribution is -2.03. The second-order valence-electron chi connectivity index (χ2n) is 35.5. The molecule has 0 saturated carbocycles. The second kappa shape index (κ2) is 28.7. The molecule has 10 heteroatoms. The average molecular weight is 1710 g/mol. The quantitative estimate of drug-likeness (QED) is 0.122. The fourth-order valence-electron chi connectivity index (χ4n) is 22.8. The van der Waals surface area contributed by atoms with Gasteiger partial charge in [0, 0.05) is 154 Å². The molecule has 0 aliphatic carbocycles. The molecule has 622 valence electrons. The summed E-state index contributed by atoms with van der Waals surface area (Å²) in [6.45, 7) is 0. The molecular formula is C124H76N10. The van der Waals surface area contributed by atoms with Crippen molar-refractivity contribution >= 4 is 174 Å². The van der Waals surface area contributed by atoms with E-state index in [1.807, 2.05) is 0 Å². The molecule has 0 aliphatic rings. The summed E-state index contributed by atoms with van der Waals surface area (Å²) in [5.74, 6) is 0. The third kappa shape index (κ3) is 10.7. The van der Waals surface area contributed by atoms with Gasteiger partial charge in [-0.1, -0.05) is 297 Å². The minimum absolute atomic E-state index is 0.830. The number of nitrogens with zero attached hydrogens (tertiary/aromatic N) is 10. The number of hydrogen-bond donors (Lipinski definition) is 0. The van der Waals surface area contributed by atoms with Gasteiger partial charge in [-0.05, 0) is 164 Å². The van der Waals surface area contributed by atoms with Crippen LogP contribution in [0.25, 0.3) is 265 Å². The van der Waals surface area contributed by atoms with Crippen LogP contribution in [0.2, 0.25) is 0 Å². The largest absolute Gasteiger partial charge is 0.307 e. The van der Waals surface area contributed by atoms with Crippen LogP contribution in [0.15, 0.2) is 461 Å². The van der Waals surface area contributed by atoms with Gasteiger partial charge in [-0.2, -0.15) is 0 Å². The maximum Gasteiger partial charge on any atom is 0.0788 e. The minimum atomic E-state index is 0.830. The van der Waals surface area contributed by atoms with Crippen molar-refractivity contribution in [2.24, 2.45) is 0 Å². The van der Waals surface area contributed by atoms with Crippen LogP contribution in [0.4, 0.5) is 0 Å². The Hall–Kier alpha value is -18.1. The van der Waals surface area contributed by atoms with E-state index in [0.717, 1.165) is 179 Å². The maximum atomic E-state index is 5.88. The average Bonchev–Trinajstić information content (AvgIpc) is 1.20. The molecule has 10 aromatic heterocycles. The van der Waals surface area contributed by atoms with Gasteiger partial charge in [0.05, 0.1) is 111 Å². The molecule has 0 aliphatic heterocycles. The van der Waals surface area contributed by atoms with Gasteiger partial charge in [0.25, 0.3) is 0 Å². The molecule has 19 aromatic carbocycles. The number of aromatic nitrogens is 10. The third-order valence-electron chi connectivity index (χ3n) is 28.3. The van der Waals surface area contributed by atoms with Crippen molar-refractivity contribution in [2.75, 3.05) is 0 Å². The van der Waals surface area contributed by atoms with E-state index >= 15 is 0 Å². The van der Waals surface area contributed by atoms with E-state index in [1.54, 1.807) is 0 Å². The van der Waals surface area contributed by atoms with Crippen molar-refractivity contribution in [3.8, 4) is 90.5 Å². The molecule has 134 heavy (non-hydrogen) atoms. The zero-order valence-electron chi connectivity index (χ0n) is 72.4. The van der Waals surface area contributed by atoms with Gasteiger partial charge < -0.3 is 36.5 Å². The standard InChI is InChI=1S/C124H76N10/c1-5-34-81(35-6-1)127-109-54-21-13-42-89(109)97-62-66-101-93-46-17-25-58-113(93)131(121(101)117(97)127)85-71-79(72-86(75-85)132-114-59-26-18-47-94(114)102-67-63-98-90-43-14-22-55-110(90)128(118(98)122(102)132)82-36-7-2-8-37-82)107-52-30-50-105(125-107)77-32-29-33-78(70-77)106-51-31-53-108(126-106)80-73-87(133-115-60-27-19-48-95(115)103-68-64-99-91-44-15-23-56-111(91)129(119(99)123(103)133)83-38-9-3-10-39-83)76-88(74-80)134-116-61-28-20-49-96(116)104-69-65-100-92-45-16-24-57-112(92)130(120(100)124(104)134)84-40-11-4-12-41-84/h1-76H. The third-order valence-corrected chi connectivity index (χ3v) is 28.3. The minimum Gasteiger partial charge on any atom is -0.307 e. The fourth-order valence-corrected chi connectivity index (χ4v) is 22.8. The summed E-state index contributed by atoms with van der Waals surface area (Å²) in [5.41, 5.74) is 33.5. The Morgan fingerprint density at radius 3 is 0.493 bits per heavy atom. The summed E-state index contributed by atoms with van der Waals surface area (Å²) < 4.78 is 20.1. The molecule has 10 nitrogen and oxygen atoms in total. The van der Waals surface area contributed by atoms with Crippen molar-refractivity contribution in [3.63, 3.8) is 0 Å². The molecule has 0 amide bonds. The van der Waals surface area contributed by atoms with E-state index in [0.29, 0.717) is 0 Å². The zero-order chi connectivity index (χ0) is 87.5. The lowest BCUT2D eigenvalue weighted by Gasteiger charge is -2.18. The molecule has 0 radical (unpaired) electrons. The van der Waals surface area contributed by atoms with Crippen molar-refractivity contribution in [1.29, 1.82) is 0 Å². The Morgan fingerprint density at radius 2 is 0.284 bits per heavy atom. The number of rotatable bonds is 12. The van der Waals surface area contributed by atoms with Crippen molar-refractivity contribution in [2.45, 2.75) is 0 Å². The highest BCUT2D eigenvalue weighted by molar-refractivity contribution is 6.29. The summed E-state index contributed by atoms with van der Waals surface area (Å²) in [7, 11) is 0. The van der Waals surface area contributed by atoms with Crippen LogP contribution in [0, 0.1) is 0 Å². The molecule has 0 atom stereocenters. The summed E-state index contributed by atoms with van der Waals surface area (Å²) in [5, 5.41) is 18.8. The maximum absolute atomic E-state index is 5.88. The van der Waals surface area contributed by atoms with Crippen LogP contribution in [0.3, 0.4) is 0 Å². The Bertz CT molecular complexity index is 8960. The van der Waals surface area contributed by atoms with Gasteiger partial charge in [0.2, 0.25) is 0 Å². The van der Waals surface area contributed by atoms with Gasteiger partial charge in [-0.15, -0.1) is 0 Å². The Kier molecular flexibility index (Phi) is 15.8. The van der Waals surface area contributed by atoms with E-state index in [-0.39, 0.29) is 0 Å². The van der Waals surface area contributed by atoms with E-state index < -0.39 is 0 Å². The smallest absolute Gasteiger partial charge is 0.0788 e. The van der Waals surface area contributed by atoms with E-state index in [1.165, 1.54) is 86.2 Å². The first-order valence-corrected chi connectivity index (χ1v) is 45.9. The molecular weight excluding hydrogens is 1630 g/mol. The van der Waals surface area contributed by atoms with Crippen LogP contribution in [-0.2, 0) is 0 Å².